The van der Waals surface area contributed by atoms with Crippen molar-refractivity contribution < 1.29 is 34.4 Å². The van der Waals surface area contributed by atoms with Gasteiger partial charge in [0.2, 0.25) is 11.8 Å². The largest absolute Gasteiger partial charge is 0.493 e. The number of benzene rings is 2. The number of rotatable bonds is 11. The molecule has 41 heavy (non-hydrogen) atoms. The summed E-state index contributed by atoms with van der Waals surface area (Å²) in [6.45, 7) is 1.99. The smallest absolute Gasteiger partial charge is 0.247 e. The summed E-state index contributed by atoms with van der Waals surface area (Å²) in [5.74, 6) is 0.214. The van der Waals surface area contributed by atoms with Crippen LogP contribution in [-0.4, -0.2) is 70.5 Å². The molecule has 10 heteroatoms. The van der Waals surface area contributed by atoms with E-state index in [-0.39, 0.29) is 43.9 Å². The number of nitrogens with zero attached hydrogens (tertiary/aromatic N) is 1. The topological polar surface area (TPSA) is 129 Å². The molecule has 0 spiro atoms. The predicted octanol–water partition coefficient (Wildman–Crippen LogP) is 3.24. The first kappa shape index (κ1) is 31.3. The van der Waals surface area contributed by atoms with Gasteiger partial charge in [-0.25, -0.2) is 0 Å². The zero-order valence-corrected chi connectivity index (χ0v) is 25.7. The molecule has 9 nitrogen and oxygen atoms in total. The number of aliphatic hydroxyl groups excluding tert-OH is 3. The summed E-state index contributed by atoms with van der Waals surface area (Å²) in [6, 6.07) is 10.6. The summed E-state index contributed by atoms with van der Waals surface area (Å²) in [4.78, 5) is 28.8. The molecule has 2 aromatic rings. The van der Waals surface area contributed by atoms with Crippen molar-refractivity contribution in [3.63, 3.8) is 0 Å². The monoisotopic (exact) mass is 678 g/mol. The third-order valence-electron chi connectivity index (χ3n) is 7.80. The SMILES string of the molecule is COc1cc(CO)cc(I)c1O[C@H]1C=C(C(=O)NCCO)C[C@@H](N(Cc2ccc(C)cc2)C(=O)C2CCCC2)[C@@H]1O. The van der Waals surface area contributed by atoms with E-state index < -0.39 is 18.2 Å². The van der Waals surface area contributed by atoms with Crippen LogP contribution in [0.2, 0.25) is 0 Å². The quantitative estimate of drug-likeness (QED) is 0.269. The van der Waals surface area contributed by atoms with Crippen LogP contribution in [0.15, 0.2) is 48.0 Å². The highest BCUT2D eigenvalue weighted by molar-refractivity contribution is 14.1. The summed E-state index contributed by atoms with van der Waals surface area (Å²) >= 11 is 2.08. The Balaban J connectivity index is 1.72. The summed E-state index contributed by atoms with van der Waals surface area (Å²) in [6.07, 6.45) is 3.21. The average molecular weight is 679 g/mol. The van der Waals surface area contributed by atoms with Crippen molar-refractivity contribution in [1.29, 1.82) is 0 Å². The van der Waals surface area contributed by atoms with Crippen LogP contribution in [0.3, 0.4) is 0 Å². The molecule has 222 valence electrons. The predicted molar refractivity (Wildman–Crippen MR) is 162 cm³/mol. The molecule has 2 amide bonds. The van der Waals surface area contributed by atoms with E-state index in [2.05, 4.69) is 27.9 Å². The lowest BCUT2D eigenvalue weighted by Gasteiger charge is -2.41. The molecule has 0 aromatic heterocycles. The van der Waals surface area contributed by atoms with Crippen molar-refractivity contribution in [3.05, 3.63) is 68.3 Å². The molecule has 2 aliphatic carbocycles. The van der Waals surface area contributed by atoms with E-state index in [9.17, 15) is 24.9 Å². The number of hydrogen-bond acceptors (Lipinski definition) is 7. The van der Waals surface area contributed by atoms with Crippen molar-refractivity contribution in [2.75, 3.05) is 20.3 Å². The van der Waals surface area contributed by atoms with Gasteiger partial charge in [-0.1, -0.05) is 42.7 Å². The highest BCUT2D eigenvalue weighted by atomic mass is 127. The van der Waals surface area contributed by atoms with E-state index in [0.717, 1.165) is 36.8 Å². The zero-order chi connectivity index (χ0) is 29.5. The summed E-state index contributed by atoms with van der Waals surface area (Å²) in [5.41, 5.74) is 3.05. The molecular weight excluding hydrogens is 639 g/mol. The zero-order valence-electron chi connectivity index (χ0n) is 23.5. The van der Waals surface area contributed by atoms with Crippen LogP contribution in [0.1, 0.15) is 48.8 Å². The molecule has 0 radical (unpaired) electrons. The Morgan fingerprint density at radius 1 is 1.10 bits per heavy atom. The van der Waals surface area contributed by atoms with Crippen LogP contribution in [-0.2, 0) is 22.7 Å². The van der Waals surface area contributed by atoms with E-state index in [1.807, 2.05) is 31.2 Å². The number of methoxy groups -OCH3 is 1. The normalized spacial score (nSPS) is 20.8. The maximum atomic E-state index is 14.0. The van der Waals surface area contributed by atoms with E-state index >= 15 is 0 Å². The van der Waals surface area contributed by atoms with Crippen molar-refractivity contribution in [2.45, 2.75) is 70.4 Å². The molecule has 1 fully saturated rings. The van der Waals surface area contributed by atoms with Gasteiger partial charge in [-0.15, -0.1) is 0 Å². The second-order valence-corrected chi connectivity index (χ2v) is 11.9. The highest BCUT2D eigenvalue weighted by Crippen LogP contribution is 2.38. The van der Waals surface area contributed by atoms with Gasteiger partial charge in [-0.05, 0) is 71.7 Å². The van der Waals surface area contributed by atoms with E-state index in [1.165, 1.54) is 7.11 Å². The van der Waals surface area contributed by atoms with Gasteiger partial charge in [-0.2, -0.15) is 0 Å². The molecule has 1 saturated carbocycles. The van der Waals surface area contributed by atoms with Gasteiger partial charge in [0.1, 0.15) is 12.2 Å². The third kappa shape index (κ3) is 7.59. The Labute approximate surface area is 254 Å². The summed E-state index contributed by atoms with van der Waals surface area (Å²) in [7, 11) is 1.49. The number of carbonyl (C=O) groups excluding carboxylic acids is 2. The van der Waals surface area contributed by atoms with Crippen LogP contribution < -0.4 is 14.8 Å². The number of ether oxygens (including phenoxy) is 2. The van der Waals surface area contributed by atoms with Gasteiger partial charge in [0.15, 0.2) is 11.5 Å². The Morgan fingerprint density at radius 2 is 1.80 bits per heavy atom. The summed E-state index contributed by atoms with van der Waals surface area (Å²) in [5, 5.41) is 33.4. The number of hydrogen-bond donors (Lipinski definition) is 4. The molecule has 0 unspecified atom stereocenters. The lowest BCUT2D eigenvalue weighted by molar-refractivity contribution is -0.143. The minimum absolute atomic E-state index is 0.0256. The second kappa shape index (κ2) is 14.5. The molecule has 0 heterocycles. The van der Waals surface area contributed by atoms with Gasteiger partial charge in [0, 0.05) is 31.0 Å². The van der Waals surface area contributed by atoms with Crippen molar-refractivity contribution in [1.82, 2.24) is 10.2 Å². The van der Waals surface area contributed by atoms with Crippen molar-refractivity contribution >= 4 is 34.4 Å². The Hall–Kier alpha value is -2.67. The second-order valence-electron chi connectivity index (χ2n) is 10.7. The molecule has 4 rings (SSSR count). The van der Waals surface area contributed by atoms with Gasteiger partial charge in [-0.3, -0.25) is 9.59 Å². The van der Waals surface area contributed by atoms with Crippen molar-refractivity contribution in [3.8, 4) is 11.5 Å². The first-order valence-corrected chi connectivity index (χ1v) is 15.1. The standard InChI is InChI=1S/C31H39IN2O7/c1-19-7-9-20(10-8-19)17-34(31(39)22-5-3-4-6-22)25-15-23(30(38)33-11-12-35)16-26(28(25)37)41-29-24(32)13-21(18-36)14-27(29)40-2/h7-10,13-14,16,22,25-26,28,35-37H,3-6,11-12,15,17-18H2,1-2H3,(H,33,38)/t25-,26+,28+/m1/s1. The van der Waals surface area contributed by atoms with Crippen LogP contribution in [0.5, 0.6) is 11.5 Å². The van der Waals surface area contributed by atoms with Gasteiger partial charge >= 0.3 is 0 Å². The average Bonchev–Trinajstić information content (AvgIpc) is 3.52. The maximum Gasteiger partial charge on any atom is 0.247 e. The minimum atomic E-state index is -1.14. The van der Waals surface area contributed by atoms with Gasteiger partial charge in [0.25, 0.3) is 0 Å². The molecule has 0 bridgehead atoms. The van der Waals surface area contributed by atoms with Crippen LogP contribution >= 0.6 is 22.6 Å². The first-order chi connectivity index (χ1) is 19.7. The lowest BCUT2D eigenvalue weighted by Crippen LogP contribution is -2.55. The van der Waals surface area contributed by atoms with Gasteiger partial charge in [0.05, 0.1) is 29.9 Å². The Morgan fingerprint density at radius 3 is 2.44 bits per heavy atom. The fourth-order valence-corrected chi connectivity index (χ4v) is 6.34. The molecule has 4 N–H and O–H groups in total. The first-order valence-electron chi connectivity index (χ1n) is 14.0. The number of aryl methyl sites for hydroxylation is 1. The van der Waals surface area contributed by atoms with Crippen molar-refractivity contribution in [2.24, 2.45) is 5.92 Å². The van der Waals surface area contributed by atoms with Crippen LogP contribution in [0.4, 0.5) is 0 Å². The maximum absolute atomic E-state index is 14.0. The van der Waals surface area contributed by atoms with E-state index in [4.69, 9.17) is 9.47 Å². The molecule has 0 saturated heterocycles. The number of amides is 2. The number of halogens is 1. The Kier molecular flexibility index (Phi) is 11.0. The molecule has 3 atom stereocenters. The lowest BCUT2D eigenvalue weighted by atomic mass is 9.87. The minimum Gasteiger partial charge on any atom is -0.493 e. The van der Waals surface area contributed by atoms with Crippen LogP contribution in [0, 0.1) is 16.4 Å². The summed E-state index contributed by atoms with van der Waals surface area (Å²) < 4.78 is 12.5. The number of nitrogens with one attached hydrogen (secondary N) is 1. The highest BCUT2D eigenvalue weighted by Gasteiger charge is 2.42. The Bertz CT molecular complexity index is 1240. The molecular formula is C31H39IN2O7. The fraction of sp³-hybridized carbons (Fsp3) is 0.484. The van der Waals surface area contributed by atoms with E-state index in [0.29, 0.717) is 32.8 Å². The number of carbonyl (C=O) groups is 2. The molecule has 2 aromatic carbocycles. The fourth-order valence-electron chi connectivity index (χ4n) is 5.55. The van der Waals surface area contributed by atoms with E-state index in [1.54, 1.807) is 23.1 Å². The third-order valence-corrected chi connectivity index (χ3v) is 8.60. The van der Waals surface area contributed by atoms with Gasteiger partial charge < -0.3 is 35.0 Å². The molecule has 2 aliphatic rings. The number of aliphatic hydroxyl groups is 3. The van der Waals surface area contributed by atoms with Crippen LogP contribution in [0.25, 0.3) is 0 Å². The molecule has 0 aliphatic heterocycles.